The van der Waals surface area contributed by atoms with Gasteiger partial charge < -0.3 is 9.47 Å². The number of anilines is 1. The molecule has 1 saturated heterocycles. The van der Waals surface area contributed by atoms with Crippen molar-refractivity contribution in [2.75, 3.05) is 44.3 Å². The molecule has 4 rings (SSSR count). The van der Waals surface area contributed by atoms with E-state index in [-0.39, 0.29) is 23.8 Å². The molecule has 2 aromatic carbocycles. The van der Waals surface area contributed by atoms with E-state index >= 15 is 0 Å². The molecule has 0 spiro atoms. The van der Waals surface area contributed by atoms with Crippen molar-refractivity contribution in [2.45, 2.75) is 25.9 Å². The number of halogens is 3. The number of fused-ring (bicyclic) bond motifs is 1. The van der Waals surface area contributed by atoms with Gasteiger partial charge in [0.2, 0.25) is 0 Å². The molecule has 2 heterocycles. The van der Waals surface area contributed by atoms with Crippen molar-refractivity contribution in [1.82, 2.24) is 9.88 Å². The van der Waals surface area contributed by atoms with Crippen LogP contribution in [-0.2, 0) is 9.53 Å². The number of carbonyl (C=O) groups excluding carboxylic acids is 1. The molecule has 0 N–H and O–H groups in total. The molecule has 6 nitrogen and oxygen atoms in total. The molecule has 184 valence electrons. The van der Waals surface area contributed by atoms with E-state index in [2.05, 4.69) is 9.88 Å². The number of ether oxygens (including phenoxy) is 2. The third-order valence-corrected chi connectivity index (χ3v) is 6.79. The Balaban J connectivity index is 0.00000324. The quantitative estimate of drug-likeness (QED) is 0.391. The number of rotatable bonds is 8. The van der Waals surface area contributed by atoms with Gasteiger partial charge in [0, 0.05) is 31.2 Å². The number of hydrogen-bond acceptors (Lipinski definition) is 6. The van der Waals surface area contributed by atoms with Gasteiger partial charge in [-0.05, 0) is 56.7 Å². The summed E-state index contributed by atoms with van der Waals surface area (Å²) in [6.07, 6.45) is 0.751. The predicted molar refractivity (Wildman–Crippen MR) is 137 cm³/mol. The second-order valence-electron chi connectivity index (χ2n) is 8.41. The van der Waals surface area contributed by atoms with Gasteiger partial charge in [-0.1, -0.05) is 29.0 Å². The summed E-state index contributed by atoms with van der Waals surface area (Å²) >= 11 is 7.27. The molecule has 1 aliphatic heterocycles. The minimum absolute atomic E-state index is 0. The summed E-state index contributed by atoms with van der Waals surface area (Å²) in [5.74, 6) is -0.0901. The lowest BCUT2D eigenvalue weighted by molar-refractivity contribution is -0.131. The number of benzene rings is 2. The van der Waals surface area contributed by atoms with Crippen LogP contribution in [0.2, 0.25) is 5.02 Å². The third-order valence-electron chi connectivity index (χ3n) is 5.50. The molecule has 1 amide bonds. The second kappa shape index (κ2) is 11.6. The monoisotopic (exact) mass is 527 g/mol. The van der Waals surface area contributed by atoms with Crippen molar-refractivity contribution in [2.24, 2.45) is 0 Å². The molecule has 0 radical (unpaired) electrons. The Morgan fingerprint density at radius 1 is 1.24 bits per heavy atom. The van der Waals surface area contributed by atoms with E-state index in [0.717, 1.165) is 39.3 Å². The number of nitrogens with zero attached hydrogens (tertiary/aromatic N) is 3. The summed E-state index contributed by atoms with van der Waals surface area (Å²) < 4.78 is 26.5. The lowest BCUT2D eigenvalue weighted by atomic mass is 10.1. The first-order valence-corrected chi connectivity index (χ1v) is 12.1. The van der Waals surface area contributed by atoms with Crippen LogP contribution in [0, 0.1) is 5.82 Å². The zero-order valence-corrected chi connectivity index (χ0v) is 21.5. The molecular formula is C24H28Cl2FN3O3S. The molecule has 0 saturated carbocycles. The summed E-state index contributed by atoms with van der Waals surface area (Å²) in [6, 6.07) is 11.7. The fraction of sp³-hybridized carbons (Fsp3) is 0.417. The van der Waals surface area contributed by atoms with Crippen LogP contribution in [0.1, 0.15) is 20.3 Å². The topological polar surface area (TPSA) is 54.9 Å². The SMILES string of the molecule is CC(C)(Oc1ccc(Cl)cc1)C(=O)N(CCCN1CCOCC1)c1nc2c(F)cccc2s1.Cl. The van der Waals surface area contributed by atoms with E-state index in [1.807, 2.05) is 6.07 Å². The van der Waals surface area contributed by atoms with E-state index in [9.17, 15) is 9.18 Å². The summed E-state index contributed by atoms with van der Waals surface area (Å²) in [5.41, 5.74) is -0.886. The molecule has 1 fully saturated rings. The smallest absolute Gasteiger partial charge is 0.272 e. The van der Waals surface area contributed by atoms with Gasteiger partial charge in [0.25, 0.3) is 5.91 Å². The van der Waals surface area contributed by atoms with Crippen LogP contribution < -0.4 is 9.64 Å². The highest BCUT2D eigenvalue weighted by Gasteiger charge is 2.36. The van der Waals surface area contributed by atoms with Gasteiger partial charge in [0.05, 0.1) is 17.9 Å². The Morgan fingerprint density at radius 3 is 2.62 bits per heavy atom. The maximum atomic E-state index is 14.3. The van der Waals surface area contributed by atoms with Gasteiger partial charge in [-0.2, -0.15) is 0 Å². The number of aromatic nitrogens is 1. The summed E-state index contributed by atoms with van der Waals surface area (Å²) in [4.78, 5) is 22.1. The van der Waals surface area contributed by atoms with E-state index in [1.54, 1.807) is 49.1 Å². The fourth-order valence-corrected chi connectivity index (χ4v) is 4.88. The van der Waals surface area contributed by atoms with Crippen LogP contribution >= 0.6 is 35.3 Å². The van der Waals surface area contributed by atoms with E-state index in [4.69, 9.17) is 21.1 Å². The fourth-order valence-electron chi connectivity index (χ4n) is 3.75. The van der Waals surface area contributed by atoms with Crippen molar-refractivity contribution in [3.05, 3.63) is 53.3 Å². The average molecular weight is 528 g/mol. The number of carbonyl (C=O) groups is 1. The molecule has 34 heavy (non-hydrogen) atoms. The number of morpholine rings is 1. The predicted octanol–water partition coefficient (Wildman–Crippen LogP) is 5.42. The lowest BCUT2D eigenvalue weighted by Gasteiger charge is -2.32. The van der Waals surface area contributed by atoms with Gasteiger partial charge in [-0.25, -0.2) is 9.37 Å². The molecule has 0 aliphatic carbocycles. The van der Waals surface area contributed by atoms with E-state index in [1.165, 1.54) is 17.4 Å². The third kappa shape index (κ3) is 6.37. The van der Waals surface area contributed by atoms with Crippen molar-refractivity contribution < 1.29 is 18.7 Å². The summed E-state index contributed by atoms with van der Waals surface area (Å²) in [6.45, 7) is 7.95. The minimum Gasteiger partial charge on any atom is -0.478 e. The average Bonchev–Trinajstić information content (AvgIpc) is 3.24. The van der Waals surface area contributed by atoms with E-state index < -0.39 is 11.4 Å². The number of para-hydroxylation sites is 1. The van der Waals surface area contributed by atoms with Crippen molar-refractivity contribution in [1.29, 1.82) is 0 Å². The van der Waals surface area contributed by atoms with Crippen molar-refractivity contribution >= 4 is 56.6 Å². The second-order valence-corrected chi connectivity index (χ2v) is 9.86. The first-order chi connectivity index (χ1) is 15.8. The highest BCUT2D eigenvalue weighted by molar-refractivity contribution is 7.22. The van der Waals surface area contributed by atoms with Gasteiger partial charge >= 0.3 is 0 Å². The highest BCUT2D eigenvalue weighted by Crippen LogP contribution is 2.32. The Morgan fingerprint density at radius 2 is 1.94 bits per heavy atom. The zero-order valence-electron chi connectivity index (χ0n) is 19.1. The van der Waals surface area contributed by atoms with Gasteiger partial charge in [0.1, 0.15) is 17.1 Å². The number of hydrogen-bond donors (Lipinski definition) is 0. The van der Waals surface area contributed by atoms with Crippen LogP contribution in [0.3, 0.4) is 0 Å². The minimum atomic E-state index is -1.16. The Bertz CT molecular complexity index is 1100. The Labute approximate surface area is 214 Å². The van der Waals surface area contributed by atoms with Crippen molar-refractivity contribution in [3.8, 4) is 5.75 Å². The lowest BCUT2D eigenvalue weighted by Crippen LogP contribution is -2.50. The normalized spacial score (nSPS) is 14.6. The van der Waals surface area contributed by atoms with E-state index in [0.29, 0.717) is 27.1 Å². The molecule has 10 heteroatoms. The van der Waals surface area contributed by atoms with Crippen LogP contribution in [0.25, 0.3) is 10.2 Å². The van der Waals surface area contributed by atoms with Crippen LogP contribution in [0.5, 0.6) is 5.75 Å². The number of amides is 1. The van der Waals surface area contributed by atoms with Crippen molar-refractivity contribution in [3.63, 3.8) is 0 Å². The maximum Gasteiger partial charge on any atom is 0.272 e. The highest BCUT2D eigenvalue weighted by atomic mass is 35.5. The molecule has 0 bridgehead atoms. The van der Waals surface area contributed by atoms with Gasteiger partial charge in [0.15, 0.2) is 10.7 Å². The molecule has 1 aromatic heterocycles. The van der Waals surface area contributed by atoms with Crippen LogP contribution in [0.4, 0.5) is 9.52 Å². The van der Waals surface area contributed by atoms with Crippen LogP contribution in [0.15, 0.2) is 42.5 Å². The summed E-state index contributed by atoms with van der Waals surface area (Å²) in [5, 5.41) is 1.06. The molecule has 1 aliphatic rings. The molecule has 0 atom stereocenters. The first-order valence-electron chi connectivity index (χ1n) is 11.0. The number of thiazole rings is 1. The summed E-state index contributed by atoms with van der Waals surface area (Å²) in [7, 11) is 0. The first kappa shape index (κ1) is 26.6. The molecule has 0 unspecified atom stereocenters. The Kier molecular flexibility index (Phi) is 9.12. The maximum absolute atomic E-state index is 14.3. The Hall–Kier alpha value is -1.97. The van der Waals surface area contributed by atoms with Gasteiger partial charge in [-0.15, -0.1) is 12.4 Å². The largest absolute Gasteiger partial charge is 0.478 e. The zero-order chi connectivity index (χ0) is 23.4. The standard InChI is InChI=1S/C24H27ClFN3O3S.ClH/c1-24(2,32-18-9-7-17(25)8-10-18)22(30)29(12-4-11-28-13-15-31-16-14-28)23-27-21-19(26)5-3-6-20(21)33-23;/h3,5-10H,4,11-16H2,1-2H3;1H. The molecular weight excluding hydrogens is 500 g/mol. The van der Waals surface area contributed by atoms with Crippen LogP contribution in [-0.4, -0.2) is 60.8 Å². The van der Waals surface area contributed by atoms with Gasteiger partial charge in [-0.3, -0.25) is 14.6 Å². The molecule has 3 aromatic rings.